The fourth-order valence-corrected chi connectivity index (χ4v) is 2.95. The van der Waals surface area contributed by atoms with E-state index < -0.39 is 5.60 Å². The van der Waals surface area contributed by atoms with Crippen LogP contribution < -0.4 is 0 Å². The molecule has 4 heteroatoms. The minimum absolute atomic E-state index is 0.141. The molecule has 1 fully saturated rings. The third-order valence-electron chi connectivity index (χ3n) is 3.80. The summed E-state index contributed by atoms with van der Waals surface area (Å²) >= 11 is 0. The van der Waals surface area contributed by atoms with Gasteiger partial charge in [0.25, 0.3) is 0 Å². The van der Waals surface area contributed by atoms with Gasteiger partial charge in [-0.05, 0) is 46.0 Å². The highest BCUT2D eigenvalue weighted by Crippen LogP contribution is 2.27. The zero-order chi connectivity index (χ0) is 16.0. The number of hydrogen-bond acceptors (Lipinski definition) is 3. The van der Waals surface area contributed by atoms with Gasteiger partial charge in [0, 0.05) is 6.04 Å². The molecule has 0 spiro atoms. The highest BCUT2D eigenvalue weighted by molar-refractivity contribution is 5.74. The largest absolute Gasteiger partial charge is 0.444 e. The molecule has 122 valence electrons. The Balaban J connectivity index is 2.91. The zero-order valence-electron chi connectivity index (χ0n) is 14.2. The van der Waals surface area contributed by atoms with E-state index in [2.05, 4.69) is 13.8 Å². The van der Waals surface area contributed by atoms with Crippen molar-refractivity contribution in [2.24, 2.45) is 5.92 Å². The summed E-state index contributed by atoms with van der Waals surface area (Å²) in [5.74, 6) is 0.369. The maximum Gasteiger partial charge on any atom is 0.411 e. The number of ether oxygens (including phenoxy) is 1. The lowest BCUT2D eigenvalue weighted by Crippen LogP contribution is -2.51. The zero-order valence-corrected chi connectivity index (χ0v) is 14.2. The van der Waals surface area contributed by atoms with Crippen molar-refractivity contribution >= 4 is 12.4 Å². The molecule has 21 heavy (non-hydrogen) atoms. The number of amides is 1. The molecule has 1 aliphatic carbocycles. The van der Waals surface area contributed by atoms with E-state index >= 15 is 0 Å². The van der Waals surface area contributed by atoms with Gasteiger partial charge in [0.15, 0.2) is 0 Å². The SMILES string of the molecule is CC(C)CC(C=O)N(C(=O)OC(C)(C)C)C1CCCCC1. The Labute approximate surface area is 129 Å². The maximum absolute atomic E-state index is 12.6. The lowest BCUT2D eigenvalue weighted by atomic mass is 9.92. The van der Waals surface area contributed by atoms with E-state index in [-0.39, 0.29) is 18.2 Å². The van der Waals surface area contributed by atoms with Gasteiger partial charge in [-0.25, -0.2) is 4.79 Å². The molecule has 0 aliphatic heterocycles. The molecule has 1 unspecified atom stereocenters. The van der Waals surface area contributed by atoms with Gasteiger partial charge in [-0.1, -0.05) is 33.1 Å². The van der Waals surface area contributed by atoms with E-state index in [1.54, 1.807) is 4.90 Å². The van der Waals surface area contributed by atoms with Crippen LogP contribution in [0, 0.1) is 5.92 Å². The smallest absolute Gasteiger partial charge is 0.411 e. The van der Waals surface area contributed by atoms with Crippen LogP contribution in [0.15, 0.2) is 0 Å². The van der Waals surface area contributed by atoms with E-state index in [0.717, 1.165) is 32.0 Å². The van der Waals surface area contributed by atoms with Crippen molar-refractivity contribution in [3.8, 4) is 0 Å². The van der Waals surface area contributed by atoms with Crippen LogP contribution in [0.25, 0.3) is 0 Å². The average Bonchev–Trinajstić information content (AvgIpc) is 2.36. The average molecular weight is 297 g/mol. The summed E-state index contributed by atoms with van der Waals surface area (Å²) in [6.45, 7) is 9.74. The van der Waals surface area contributed by atoms with E-state index in [1.807, 2.05) is 20.8 Å². The molecule has 4 nitrogen and oxygen atoms in total. The second-order valence-electron chi connectivity index (χ2n) is 7.51. The van der Waals surface area contributed by atoms with E-state index in [9.17, 15) is 9.59 Å². The van der Waals surface area contributed by atoms with Gasteiger partial charge in [-0.2, -0.15) is 0 Å². The maximum atomic E-state index is 12.6. The van der Waals surface area contributed by atoms with Crippen LogP contribution >= 0.6 is 0 Å². The molecule has 0 radical (unpaired) electrons. The first-order valence-corrected chi connectivity index (χ1v) is 8.21. The number of hydrogen-bond donors (Lipinski definition) is 0. The Hall–Kier alpha value is -1.06. The van der Waals surface area contributed by atoms with Crippen molar-refractivity contribution in [3.63, 3.8) is 0 Å². The molecule has 1 rings (SSSR count). The molecular weight excluding hydrogens is 266 g/mol. The Bertz CT molecular complexity index is 340. The first-order chi connectivity index (χ1) is 9.74. The van der Waals surface area contributed by atoms with Crippen LogP contribution in [0.1, 0.15) is 73.1 Å². The van der Waals surface area contributed by atoms with Gasteiger partial charge in [0.1, 0.15) is 11.9 Å². The first-order valence-electron chi connectivity index (χ1n) is 8.21. The number of carbonyl (C=O) groups excluding carboxylic acids is 2. The predicted molar refractivity (Wildman–Crippen MR) is 84.3 cm³/mol. The van der Waals surface area contributed by atoms with Crippen LogP contribution in [0.4, 0.5) is 4.79 Å². The Kier molecular flexibility index (Phi) is 6.69. The van der Waals surface area contributed by atoms with Gasteiger partial charge in [0.05, 0.1) is 6.04 Å². The minimum Gasteiger partial charge on any atom is -0.444 e. The van der Waals surface area contributed by atoms with Crippen molar-refractivity contribution in [1.29, 1.82) is 0 Å². The van der Waals surface area contributed by atoms with Crippen LogP contribution in [0.2, 0.25) is 0 Å². The van der Waals surface area contributed by atoms with Crippen molar-refractivity contribution in [3.05, 3.63) is 0 Å². The van der Waals surface area contributed by atoms with Gasteiger partial charge in [-0.3, -0.25) is 4.90 Å². The first kappa shape index (κ1) is 18.0. The van der Waals surface area contributed by atoms with Gasteiger partial charge in [-0.15, -0.1) is 0 Å². The predicted octanol–water partition coefficient (Wildman–Crippen LogP) is 4.17. The Morgan fingerprint density at radius 1 is 1.24 bits per heavy atom. The summed E-state index contributed by atoms with van der Waals surface area (Å²) in [6, 6.07) is -0.231. The molecule has 0 saturated heterocycles. The second kappa shape index (κ2) is 7.81. The summed E-state index contributed by atoms with van der Waals surface area (Å²) in [5, 5.41) is 0. The lowest BCUT2D eigenvalue weighted by Gasteiger charge is -2.39. The summed E-state index contributed by atoms with van der Waals surface area (Å²) in [6.07, 6.45) is 6.68. The molecule has 1 atom stereocenters. The quantitative estimate of drug-likeness (QED) is 0.715. The molecule has 0 N–H and O–H groups in total. The van der Waals surface area contributed by atoms with E-state index in [0.29, 0.717) is 12.3 Å². The molecular formula is C17H31NO3. The van der Waals surface area contributed by atoms with E-state index in [1.165, 1.54) is 6.42 Å². The monoisotopic (exact) mass is 297 g/mol. The van der Waals surface area contributed by atoms with E-state index in [4.69, 9.17) is 4.74 Å². The van der Waals surface area contributed by atoms with Crippen LogP contribution in [0.3, 0.4) is 0 Å². The van der Waals surface area contributed by atoms with Crippen molar-refractivity contribution in [2.75, 3.05) is 0 Å². The van der Waals surface area contributed by atoms with Crippen molar-refractivity contribution in [1.82, 2.24) is 4.90 Å². The Morgan fingerprint density at radius 3 is 2.24 bits per heavy atom. The highest BCUT2D eigenvalue weighted by Gasteiger charge is 2.34. The fourth-order valence-electron chi connectivity index (χ4n) is 2.95. The fraction of sp³-hybridized carbons (Fsp3) is 0.882. The molecule has 1 saturated carbocycles. The molecule has 0 aromatic carbocycles. The molecule has 1 aliphatic rings. The molecule has 0 aromatic rings. The molecule has 1 amide bonds. The normalized spacial score (nSPS) is 18.4. The summed E-state index contributed by atoms with van der Waals surface area (Å²) in [4.78, 5) is 25.8. The third-order valence-corrected chi connectivity index (χ3v) is 3.80. The second-order valence-corrected chi connectivity index (χ2v) is 7.51. The summed E-state index contributed by atoms with van der Waals surface area (Å²) < 4.78 is 5.55. The van der Waals surface area contributed by atoms with Crippen LogP contribution in [-0.4, -0.2) is 35.0 Å². The summed E-state index contributed by atoms with van der Waals surface area (Å²) in [5.41, 5.74) is -0.532. The molecule has 0 bridgehead atoms. The van der Waals surface area contributed by atoms with Gasteiger partial charge in [0.2, 0.25) is 0 Å². The van der Waals surface area contributed by atoms with Crippen molar-refractivity contribution in [2.45, 2.75) is 90.8 Å². The lowest BCUT2D eigenvalue weighted by molar-refractivity contribution is -0.114. The standard InChI is InChI=1S/C17H31NO3/c1-13(2)11-15(12-19)18(14-9-7-6-8-10-14)16(20)21-17(3,4)5/h12-15H,6-11H2,1-5H3. The van der Waals surface area contributed by atoms with Gasteiger partial charge >= 0.3 is 6.09 Å². The number of carbonyl (C=O) groups is 2. The minimum atomic E-state index is -0.532. The topological polar surface area (TPSA) is 46.6 Å². The number of nitrogens with zero attached hydrogens (tertiary/aromatic N) is 1. The summed E-state index contributed by atoms with van der Waals surface area (Å²) in [7, 11) is 0. The highest BCUT2D eigenvalue weighted by atomic mass is 16.6. The molecule has 0 aromatic heterocycles. The van der Waals surface area contributed by atoms with Gasteiger partial charge < -0.3 is 9.53 Å². The third kappa shape index (κ3) is 6.06. The van der Waals surface area contributed by atoms with Crippen molar-refractivity contribution < 1.29 is 14.3 Å². The Morgan fingerprint density at radius 2 is 1.81 bits per heavy atom. The molecule has 0 heterocycles. The number of rotatable bonds is 5. The van der Waals surface area contributed by atoms with Crippen LogP contribution in [-0.2, 0) is 9.53 Å². The number of aldehydes is 1. The van der Waals surface area contributed by atoms with Crippen LogP contribution in [0.5, 0.6) is 0 Å².